The first kappa shape index (κ1) is 13.6. The second kappa shape index (κ2) is 6.31. The second-order valence-corrected chi connectivity index (χ2v) is 5.99. The molecule has 0 aliphatic heterocycles. The molecule has 2 atom stereocenters. The SMILES string of the molecule is CCC(C)SCC(N)c1ccc(C)cc1C. The van der Waals surface area contributed by atoms with Crippen LogP contribution in [-0.2, 0) is 0 Å². The van der Waals surface area contributed by atoms with Gasteiger partial charge in [0.15, 0.2) is 0 Å². The van der Waals surface area contributed by atoms with Gasteiger partial charge in [0.1, 0.15) is 0 Å². The van der Waals surface area contributed by atoms with Crippen LogP contribution in [0.3, 0.4) is 0 Å². The van der Waals surface area contributed by atoms with Gasteiger partial charge in [-0.15, -0.1) is 0 Å². The van der Waals surface area contributed by atoms with Gasteiger partial charge in [-0.1, -0.05) is 37.6 Å². The van der Waals surface area contributed by atoms with Gasteiger partial charge in [0.05, 0.1) is 0 Å². The second-order valence-electron chi connectivity index (χ2n) is 4.52. The summed E-state index contributed by atoms with van der Waals surface area (Å²) >= 11 is 1.97. The molecule has 1 aromatic carbocycles. The lowest BCUT2D eigenvalue weighted by molar-refractivity contribution is 0.813. The highest BCUT2D eigenvalue weighted by Crippen LogP contribution is 2.23. The van der Waals surface area contributed by atoms with Crippen molar-refractivity contribution in [2.24, 2.45) is 5.73 Å². The Balaban J connectivity index is 2.62. The first-order valence-corrected chi connectivity index (χ1v) is 7.03. The van der Waals surface area contributed by atoms with Gasteiger partial charge in [-0.2, -0.15) is 11.8 Å². The van der Waals surface area contributed by atoms with E-state index < -0.39 is 0 Å². The highest BCUT2D eigenvalue weighted by molar-refractivity contribution is 7.99. The monoisotopic (exact) mass is 237 g/mol. The molecule has 1 rings (SSSR count). The van der Waals surface area contributed by atoms with Crippen molar-refractivity contribution in [1.29, 1.82) is 0 Å². The van der Waals surface area contributed by atoms with Gasteiger partial charge in [-0.25, -0.2) is 0 Å². The highest BCUT2D eigenvalue weighted by Gasteiger charge is 2.10. The van der Waals surface area contributed by atoms with Crippen molar-refractivity contribution in [2.75, 3.05) is 5.75 Å². The summed E-state index contributed by atoms with van der Waals surface area (Å²) < 4.78 is 0. The molecule has 1 aromatic rings. The predicted octanol–water partition coefficient (Wildman–Crippen LogP) is 3.83. The molecule has 0 saturated carbocycles. The minimum Gasteiger partial charge on any atom is -0.323 e. The quantitative estimate of drug-likeness (QED) is 0.842. The number of benzene rings is 1. The third-order valence-electron chi connectivity index (χ3n) is 2.96. The van der Waals surface area contributed by atoms with E-state index in [1.807, 2.05) is 11.8 Å². The minimum atomic E-state index is 0.166. The van der Waals surface area contributed by atoms with Crippen molar-refractivity contribution in [2.45, 2.75) is 45.4 Å². The highest BCUT2D eigenvalue weighted by atomic mass is 32.2. The molecule has 0 aromatic heterocycles. The van der Waals surface area contributed by atoms with Crippen molar-refractivity contribution in [1.82, 2.24) is 0 Å². The normalized spacial score (nSPS) is 14.8. The molecule has 0 spiro atoms. The molecule has 16 heavy (non-hydrogen) atoms. The fourth-order valence-corrected chi connectivity index (χ4v) is 2.67. The fraction of sp³-hybridized carbons (Fsp3) is 0.571. The molecule has 2 N–H and O–H groups in total. The standard InChI is InChI=1S/C14H23NS/c1-5-12(4)16-9-14(15)13-7-6-10(2)8-11(13)3/h6-8,12,14H,5,9,15H2,1-4H3. The number of aryl methyl sites for hydroxylation is 2. The fourth-order valence-electron chi connectivity index (χ4n) is 1.72. The molecule has 0 bridgehead atoms. The number of hydrogen-bond donors (Lipinski definition) is 1. The molecule has 90 valence electrons. The van der Waals surface area contributed by atoms with Crippen LogP contribution in [0.25, 0.3) is 0 Å². The zero-order valence-corrected chi connectivity index (χ0v) is 11.6. The Hall–Kier alpha value is -0.470. The Morgan fingerprint density at radius 3 is 2.56 bits per heavy atom. The molecule has 1 nitrogen and oxygen atoms in total. The van der Waals surface area contributed by atoms with Crippen LogP contribution in [0, 0.1) is 13.8 Å². The smallest absolute Gasteiger partial charge is 0.0389 e. The van der Waals surface area contributed by atoms with Crippen LogP contribution in [0.15, 0.2) is 18.2 Å². The van der Waals surface area contributed by atoms with Crippen LogP contribution in [0.2, 0.25) is 0 Å². The van der Waals surface area contributed by atoms with Gasteiger partial charge in [0.25, 0.3) is 0 Å². The third kappa shape index (κ3) is 3.84. The molecule has 0 aliphatic carbocycles. The summed E-state index contributed by atoms with van der Waals surface area (Å²) in [5, 5.41) is 0.705. The first-order valence-electron chi connectivity index (χ1n) is 5.99. The molecule has 0 heterocycles. The van der Waals surface area contributed by atoms with Crippen molar-refractivity contribution >= 4 is 11.8 Å². The van der Waals surface area contributed by atoms with Gasteiger partial charge < -0.3 is 5.73 Å². The lowest BCUT2D eigenvalue weighted by Crippen LogP contribution is -2.16. The molecule has 0 fully saturated rings. The Bertz CT molecular complexity index is 336. The van der Waals surface area contributed by atoms with Crippen LogP contribution in [0.1, 0.15) is 43.0 Å². The summed E-state index contributed by atoms with van der Waals surface area (Å²) in [5.74, 6) is 1.01. The zero-order chi connectivity index (χ0) is 12.1. The van der Waals surface area contributed by atoms with Crippen molar-refractivity contribution in [3.63, 3.8) is 0 Å². The van der Waals surface area contributed by atoms with E-state index in [0.29, 0.717) is 5.25 Å². The zero-order valence-electron chi connectivity index (χ0n) is 10.8. The van der Waals surface area contributed by atoms with E-state index in [9.17, 15) is 0 Å². The maximum atomic E-state index is 6.23. The Kier molecular flexibility index (Phi) is 5.36. The molecular formula is C14H23NS. The number of nitrogens with two attached hydrogens (primary N) is 1. The molecule has 0 saturated heterocycles. The maximum Gasteiger partial charge on any atom is 0.0389 e. The largest absolute Gasteiger partial charge is 0.323 e. The van der Waals surface area contributed by atoms with Crippen LogP contribution in [0.4, 0.5) is 0 Å². The number of hydrogen-bond acceptors (Lipinski definition) is 2. The average Bonchev–Trinajstić information content (AvgIpc) is 2.25. The Labute approximate surface area is 104 Å². The summed E-state index contributed by atoms with van der Waals surface area (Å²) in [6, 6.07) is 6.70. The van der Waals surface area contributed by atoms with Crippen molar-refractivity contribution in [3.8, 4) is 0 Å². The summed E-state index contributed by atoms with van der Waals surface area (Å²) in [7, 11) is 0. The Morgan fingerprint density at radius 1 is 1.31 bits per heavy atom. The number of thioether (sulfide) groups is 1. The van der Waals surface area contributed by atoms with E-state index in [2.05, 4.69) is 45.9 Å². The van der Waals surface area contributed by atoms with E-state index in [0.717, 1.165) is 5.75 Å². The molecule has 2 heteroatoms. The van der Waals surface area contributed by atoms with Crippen LogP contribution in [-0.4, -0.2) is 11.0 Å². The lowest BCUT2D eigenvalue weighted by atomic mass is 10.0. The molecule has 2 unspecified atom stereocenters. The van der Waals surface area contributed by atoms with Crippen LogP contribution in [0.5, 0.6) is 0 Å². The van der Waals surface area contributed by atoms with Crippen LogP contribution < -0.4 is 5.73 Å². The van der Waals surface area contributed by atoms with Crippen LogP contribution >= 0.6 is 11.8 Å². The van der Waals surface area contributed by atoms with E-state index in [1.165, 1.54) is 23.1 Å². The summed E-state index contributed by atoms with van der Waals surface area (Å²) in [6.07, 6.45) is 1.21. The lowest BCUT2D eigenvalue weighted by Gasteiger charge is -2.17. The van der Waals surface area contributed by atoms with E-state index >= 15 is 0 Å². The van der Waals surface area contributed by atoms with Gasteiger partial charge in [0.2, 0.25) is 0 Å². The predicted molar refractivity (Wildman–Crippen MR) is 75.1 cm³/mol. The van der Waals surface area contributed by atoms with E-state index in [1.54, 1.807) is 0 Å². The summed E-state index contributed by atoms with van der Waals surface area (Å²) in [5.41, 5.74) is 10.1. The topological polar surface area (TPSA) is 26.0 Å². The Morgan fingerprint density at radius 2 is 2.00 bits per heavy atom. The minimum absolute atomic E-state index is 0.166. The molecule has 0 radical (unpaired) electrons. The van der Waals surface area contributed by atoms with Gasteiger partial charge in [0, 0.05) is 17.0 Å². The van der Waals surface area contributed by atoms with Crippen molar-refractivity contribution in [3.05, 3.63) is 34.9 Å². The maximum absolute atomic E-state index is 6.23. The summed E-state index contributed by atoms with van der Waals surface area (Å²) in [4.78, 5) is 0. The van der Waals surface area contributed by atoms with Crippen molar-refractivity contribution < 1.29 is 0 Å². The molecule has 0 amide bonds. The average molecular weight is 237 g/mol. The molecular weight excluding hydrogens is 214 g/mol. The number of rotatable bonds is 5. The van der Waals surface area contributed by atoms with Gasteiger partial charge >= 0.3 is 0 Å². The van der Waals surface area contributed by atoms with Gasteiger partial charge in [-0.3, -0.25) is 0 Å². The van der Waals surface area contributed by atoms with E-state index in [-0.39, 0.29) is 6.04 Å². The third-order valence-corrected chi connectivity index (χ3v) is 4.41. The van der Waals surface area contributed by atoms with E-state index in [4.69, 9.17) is 5.73 Å². The molecule has 0 aliphatic rings. The first-order chi connectivity index (χ1) is 7.54. The summed E-state index contributed by atoms with van der Waals surface area (Å²) in [6.45, 7) is 8.76. The van der Waals surface area contributed by atoms with Gasteiger partial charge in [-0.05, 0) is 31.4 Å².